The van der Waals surface area contributed by atoms with Gasteiger partial charge in [-0.25, -0.2) is 4.39 Å². The number of methoxy groups -OCH3 is 1. The topological polar surface area (TPSA) is 76.4 Å². The van der Waals surface area contributed by atoms with Crippen LogP contribution in [0.1, 0.15) is 15.9 Å². The maximum absolute atomic E-state index is 13.6. The summed E-state index contributed by atoms with van der Waals surface area (Å²) in [5.41, 5.74) is 4.93. The Morgan fingerprint density at radius 3 is 2.57 bits per heavy atom. The molecule has 0 spiro atoms. The van der Waals surface area contributed by atoms with E-state index in [1.54, 1.807) is 24.3 Å². The van der Waals surface area contributed by atoms with Crippen molar-refractivity contribution in [1.82, 2.24) is 0 Å². The minimum atomic E-state index is -0.533. The highest BCUT2D eigenvalue weighted by Gasteiger charge is 2.10. The number of aryl methyl sites for hydroxylation is 1. The third kappa shape index (κ3) is 3.29. The van der Waals surface area contributed by atoms with Crippen molar-refractivity contribution in [3.8, 4) is 5.75 Å². The SMILES string of the molecule is COc1ccc(NC(=O)c2ccc(NN)c(C)c2)cc1F. The fourth-order valence-electron chi connectivity index (χ4n) is 1.91. The third-order valence-corrected chi connectivity index (χ3v) is 3.05. The van der Waals surface area contributed by atoms with Crippen LogP contribution in [0.4, 0.5) is 15.8 Å². The predicted molar refractivity (Wildman–Crippen MR) is 79.9 cm³/mol. The molecule has 0 bridgehead atoms. The summed E-state index contributed by atoms with van der Waals surface area (Å²) in [4.78, 5) is 12.1. The zero-order chi connectivity index (χ0) is 15.4. The minimum Gasteiger partial charge on any atom is -0.494 e. The van der Waals surface area contributed by atoms with E-state index in [-0.39, 0.29) is 11.7 Å². The summed E-state index contributed by atoms with van der Waals surface area (Å²) in [5.74, 6) is 4.61. The molecule has 6 heteroatoms. The molecule has 0 heterocycles. The summed E-state index contributed by atoms with van der Waals surface area (Å²) >= 11 is 0. The Bertz CT molecular complexity index is 674. The van der Waals surface area contributed by atoms with Crippen molar-refractivity contribution in [1.29, 1.82) is 0 Å². The lowest BCUT2D eigenvalue weighted by atomic mass is 10.1. The zero-order valence-corrected chi connectivity index (χ0v) is 11.7. The number of carbonyl (C=O) groups is 1. The van der Waals surface area contributed by atoms with Crippen LogP contribution in [0, 0.1) is 12.7 Å². The molecule has 0 saturated heterocycles. The Morgan fingerprint density at radius 1 is 1.24 bits per heavy atom. The molecule has 110 valence electrons. The van der Waals surface area contributed by atoms with Crippen molar-refractivity contribution < 1.29 is 13.9 Å². The number of hydrazine groups is 1. The number of carbonyl (C=O) groups excluding carboxylic acids is 1. The van der Waals surface area contributed by atoms with Crippen molar-refractivity contribution >= 4 is 17.3 Å². The van der Waals surface area contributed by atoms with E-state index in [0.29, 0.717) is 11.3 Å². The first-order valence-electron chi connectivity index (χ1n) is 6.27. The van der Waals surface area contributed by atoms with E-state index in [4.69, 9.17) is 10.6 Å². The first-order chi connectivity index (χ1) is 10.0. The minimum absolute atomic E-state index is 0.127. The number of nitrogens with two attached hydrogens (primary N) is 1. The molecule has 0 saturated carbocycles. The van der Waals surface area contributed by atoms with Gasteiger partial charge in [-0.3, -0.25) is 10.6 Å². The fourth-order valence-corrected chi connectivity index (χ4v) is 1.91. The first-order valence-corrected chi connectivity index (χ1v) is 6.27. The van der Waals surface area contributed by atoms with E-state index >= 15 is 0 Å². The van der Waals surface area contributed by atoms with Gasteiger partial charge in [0.1, 0.15) is 0 Å². The van der Waals surface area contributed by atoms with E-state index < -0.39 is 5.82 Å². The van der Waals surface area contributed by atoms with Crippen LogP contribution in [0.5, 0.6) is 5.75 Å². The lowest BCUT2D eigenvalue weighted by Crippen LogP contribution is -2.13. The van der Waals surface area contributed by atoms with E-state index in [1.807, 2.05) is 6.92 Å². The highest BCUT2D eigenvalue weighted by molar-refractivity contribution is 6.04. The second-order valence-electron chi connectivity index (χ2n) is 4.48. The molecule has 0 fully saturated rings. The van der Waals surface area contributed by atoms with Crippen LogP contribution < -0.4 is 21.3 Å². The van der Waals surface area contributed by atoms with E-state index in [2.05, 4.69) is 10.7 Å². The number of amides is 1. The van der Waals surface area contributed by atoms with Crippen LogP contribution >= 0.6 is 0 Å². The maximum Gasteiger partial charge on any atom is 0.255 e. The van der Waals surface area contributed by atoms with Gasteiger partial charge in [0.05, 0.1) is 12.8 Å². The summed E-state index contributed by atoms with van der Waals surface area (Å²) < 4.78 is 18.4. The van der Waals surface area contributed by atoms with Gasteiger partial charge >= 0.3 is 0 Å². The molecule has 0 aliphatic heterocycles. The van der Waals surface area contributed by atoms with Crippen LogP contribution in [0.2, 0.25) is 0 Å². The molecular formula is C15H16FN3O2. The van der Waals surface area contributed by atoms with Crippen LogP contribution in [0.3, 0.4) is 0 Å². The van der Waals surface area contributed by atoms with Gasteiger partial charge in [-0.1, -0.05) is 0 Å². The van der Waals surface area contributed by atoms with Crippen LogP contribution in [0.15, 0.2) is 36.4 Å². The van der Waals surface area contributed by atoms with Crippen molar-refractivity contribution in [3.05, 3.63) is 53.3 Å². The van der Waals surface area contributed by atoms with Gasteiger partial charge in [-0.05, 0) is 42.8 Å². The highest BCUT2D eigenvalue weighted by Crippen LogP contribution is 2.21. The Hall–Kier alpha value is -2.60. The lowest BCUT2D eigenvalue weighted by Gasteiger charge is -2.09. The third-order valence-electron chi connectivity index (χ3n) is 3.05. The number of ether oxygens (including phenoxy) is 1. The molecule has 0 aromatic heterocycles. The molecule has 5 nitrogen and oxygen atoms in total. The predicted octanol–water partition coefficient (Wildman–Crippen LogP) is 2.68. The fraction of sp³-hybridized carbons (Fsp3) is 0.133. The molecular weight excluding hydrogens is 273 g/mol. The number of halogens is 1. The van der Waals surface area contributed by atoms with E-state index in [9.17, 15) is 9.18 Å². The Labute approximate surface area is 121 Å². The number of rotatable bonds is 4. The van der Waals surface area contributed by atoms with Crippen molar-refractivity contribution in [2.75, 3.05) is 17.9 Å². The van der Waals surface area contributed by atoms with Crippen molar-refractivity contribution in [2.45, 2.75) is 6.92 Å². The van der Waals surface area contributed by atoms with Gasteiger partial charge < -0.3 is 15.5 Å². The van der Waals surface area contributed by atoms with Gasteiger partial charge in [0.15, 0.2) is 11.6 Å². The lowest BCUT2D eigenvalue weighted by molar-refractivity contribution is 0.102. The molecule has 0 aliphatic rings. The molecule has 2 aromatic carbocycles. The van der Waals surface area contributed by atoms with Gasteiger partial charge in [0, 0.05) is 17.3 Å². The molecule has 2 rings (SSSR count). The first kappa shape index (κ1) is 14.8. The maximum atomic E-state index is 13.6. The van der Waals surface area contributed by atoms with Crippen LogP contribution in [0.25, 0.3) is 0 Å². The Morgan fingerprint density at radius 2 is 2.00 bits per heavy atom. The van der Waals surface area contributed by atoms with E-state index in [1.165, 1.54) is 19.2 Å². The van der Waals surface area contributed by atoms with Crippen LogP contribution in [-0.2, 0) is 0 Å². The monoisotopic (exact) mass is 289 g/mol. The summed E-state index contributed by atoms with van der Waals surface area (Å²) in [7, 11) is 1.38. The average molecular weight is 289 g/mol. The zero-order valence-electron chi connectivity index (χ0n) is 11.7. The number of benzene rings is 2. The molecule has 1 amide bonds. The van der Waals surface area contributed by atoms with Gasteiger partial charge in [-0.2, -0.15) is 0 Å². The Kier molecular flexibility index (Phi) is 4.39. The van der Waals surface area contributed by atoms with Crippen molar-refractivity contribution in [2.24, 2.45) is 5.84 Å². The standard InChI is InChI=1S/C15H16FN3O2/c1-9-7-10(3-5-13(9)19-17)15(20)18-11-4-6-14(21-2)12(16)8-11/h3-8,19H,17H2,1-2H3,(H,18,20). The number of hydrogen-bond acceptors (Lipinski definition) is 4. The Balaban J connectivity index is 2.18. The van der Waals surface area contributed by atoms with Gasteiger partial charge in [0.2, 0.25) is 0 Å². The molecule has 0 unspecified atom stereocenters. The normalized spacial score (nSPS) is 10.1. The summed E-state index contributed by atoms with van der Waals surface area (Å²) in [6, 6.07) is 9.28. The number of hydrogen-bond donors (Lipinski definition) is 3. The average Bonchev–Trinajstić information content (AvgIpc) is 2.47. The second-order valence-corrected chi connectivity index (χ2v) is 4.48. The van der Waals surface area contributed by atoms with Gasteiger partial charge in [0.25, 0.3) is 5.91 Å². The quantitative estimate of drug-likeness (QED) is 0.597. The number of nitrogen functional groups attached to an aromatic ring is 1. The number of anilines is 2. The van der Waals surface area contributed by atoms with E-state index in [0.717, 1.165) is 11.3 Å². The van der Waals surface area contributed by atoms with Gasteiger partial charge in [-0.15, -0.1) is 0 Å². The number of nitrogens with one attached hydrogen (secondary N) is 2. The second kappa shape index (κ2) is 6.23. The molecule has 0 atom stereocenters. The molecule has 2 aromatic rings. The smallest absolute Gasteiger partial charge is 0.255 e. The molecule has 0 aliphatic carbocycles. The molecule has 4 N–H and O–H groups in total. The highest BCUT2D eigenvalue weighted by atomic mass is 19.1. The van der Waals surface area contributed by atoms with Crippen molar-refractivity contribution in [3.63, 3.8) is 0 Å². The molecule has 21 heavy (non-hydrogen) atoms. The van der Waals surface area contributed by atoms with Crippen LogP contribution in [-0.4, -0.2) is 13.0 Å². The largest absolute Gasteiger partial charge is 0.494 e. The summed E-state index contributed by atoms with van der Waals surface area (Å²) in [6.07, 6.45) is 0. The summed E-state index contributed by atoms with van der Waals surface area (Å²) in [5, 5.41) is 2.63. The summed E-state index contributed by atoms with van der Waals surface area (Å²) in [6.45, 7) is 1.83. The molecule has 0 radical (unpaired) electrons.